The third kappa shape index (κ3) is 3.06. The van der Waals surface area contributed by atoms with Gasteiger partial charge in [0, 0.05) is 25.2 Å². The first-order valence-corrected chi connectivity index (χ1v) is 8.15. The fourth-order valence-corrected chi connectivity index (χ4v) is 2.90. The number of rotatable bonds is 4. The molecule has 3 heterocycles. The highest BCUT2D eigenvalue weighted by molar-refractivity contribution is 5.92. The Labute approximate surface area is 140 Å². The fraction of sp³-hybridized carbons (Fsp3) is 0.471. The lowest BCUT2D eigenvalue weighted by atomic mass is 10.1. The van der Waals surface area contributed by atoms with Gasteiger partial charge in [-0.3, -0.25) is 9.59 Å². The summed E-state index contributed by atoms with van der Waals surface area (Å²) in [5.74, 6) is 1.25. The lowest BCUT2D eigenvalue weighted by Crippen LogP contribution is -2.42. The predicted octanol–water partition coefficient (Wildman–Crippen LogP) is 1.97. The van der Waals surface area contributed by atoms with Crippen molar-refractivity contribution in [1.29, 1.82) is 0 Å². The van der Waals surface area contributed by atoms with Crippen molar-refractivity contribution in [3.63, 3.8) is 0 Å². The number of carbonyl (C=O) groups excluding carboxylic acids is 2. The molecular formula is C17H22N4O3. The van der Waals surface area contributed by atoms with Crippen LogP contribution in [0.15, 0.2) is 29.0 Å². The average Bonchev–Trinajstić information content (AvgIpc) is 3.22. The van der Waals surface area contributed by atoms with Gasteiger partial charge in [0.25, 0.3) is 5.91 Å². The summed E-state index contributed by atoms with van der Waals surface area (Å²) in [6, 6.07) is 3.44. The molecule has 0 fully saturated rings. The zero-order valence-corrected chi connectivity index (χ0v) is 14.2. The number of nitrogens with zero attached hydrogens (tertiary/aromatic N) is 3. The van der Waals surface area contributed by atoms with E-state index in [1.807, 2.05) is 30.2 Å². The van der Waals surface area contributed by atoms with Crippen LogP contribution in [0.5, 0.6) is 0 Å². The summed E-state index contributed by atoms with van der Waals surface area (Å²) in [4.78, 5) is 30.9. The van der Waals surface area contributed by atoms with Crippen molar-refractivity contribution < 1.29 is 14.0 Å². The molecule has 2 amide bonds. The standard InChI is InChI=1S/C17H22N4O3/c1-11(2)17(23)21-7-6-20-10-14(19-15(20)12(21)3)16(22)18-9-13-5-4-8-24-13/h4-5,8,10-12H,6-7,9H2,1-3H3,(H,18,22)/t12-/m1/s1. The number of aromatic nitrogens is 2. The summed E-state index contributed by atoms with van der Waals surface area (Å²) in [6.07, 6.45) is 3.32. The molecule has 1 aliphatic rings. The Kier molecular flexibility index (Phi) is 4.42. The highest BCUT2D eigenvalue weighted by Gasteiger charge is 2.31. The normalized spacial score (nSPS) is 17.0. The molecule has 0 unspecified atom stereocenters. The molecule has 7 nitrogen and oxygen atoms in total. The highest BCUT2D eigenvalue weighted by atomic mass is 16.3. The van der Waals surface area contributed by atoms with Crippen LogP contribution < -0.4 is 5.32 Å². The Balaban J connectivity index is 1.72. The second kappa shape index (κ2) is 6.51. The molecule has 3 rings (SSSR count). The molecule has 1 aliphatic heterocycles. The van der Waals surface area contributed by atoms with Gasteiger partial charge in [0.2, 0.25) is 5.91 Å². The second-order valence-corrected chi connectivity index (χ2v) is 6.30. The van der Waals surface area contributed by atoms with Crippen LogP contribution in [0.4, 0.5) is 0 Å². The summed E-state index contributed by atoms with van der Waals surface area (Å²) in [7, 11) is 0. The van der Waals surface area contributed by atoms with Gasteiger partial charge >= 0.3 is 0 Å². The van der Waals surface area contributed by atoms with E-state index < -0.39 is 0 Å². The summed E-state index contributed by atoms with van der Waals surface area (Å²) in [5.41, 5.74) is 0.363. The van der Waals surface area contributed by atoms with Crippen molar-refractivity contribution in [3.8, 4) is 0 Å². The first kappa shape index (κ1) is 16.3. The molecule has 1 N–H and O–H groups in total. The third-order valence-electron chi connectivity index (χ3n) is 4.24. The van der Waals surface area contributed by atoms with Crippen LogP contribution in [0, 0.1) is 5.92 Å². The van der Waals surface area contributed by atoms with E-state index >= 15 is 0 Å². The number of hydrogen-bond acceptors (Lipinski definition) is 4. The van der Waals surface area contributed by atoms with Gasteiger partial charge in [-0.25, -0.2) is 4.98 Å². The van der Waals surface area contributed by atoms with Crippen LogP contribution in [0.25, 0.3) is 0 Å². The molecule has 0 aromatic carbocycles. The maximum atomic E-state index is 12.3. The largest absolute Gasteiger partial charge is 0.467 e. The van der Waals surface area contributed by atoms with Crippen LogP contribution in [0.1, 0.15) is 48.9 Å². The monoisotopic (exact) mass is 330 g/mol. The third-order valence-corrected chi connectivity index (χ3v) is 4.24. The minimum absolute atomic E-state index is 0.0509. The maximum Gasteiger partial charge on any atom is 0.271 e. The van der Waals surface area contributed by atoms with Gasteiger partial charge in [0.15, 0.2) is 0 Å². The van der Waals surface area contributed by atoms with Gasteiger partial charge in [-0.2, -0.15) is 0 Å². The molecular weight excluding hydrogens is 308 g/mol. The van der Waals surface area contributed by atoms with Crippen molar-refractivity contribution in [2.24, 2.45) is 5.92 Å². The summed E-state index contributed by atoms with van der Waals surface area (Å²) in [6.45, 7) is 7.34. The van der Waals surface area contributed by atoms with E-state index in [1.165, 1.54) is 0 Å². The Bertz CT molecular complexity index is 733. The quantitative estimate of drug-likeness (QED) is 0.929. The molecule has 2 aromatic rings. The van der Waals surface area contributed by atoms with E-state index in [-0.39, 0.29) is 23.8 Å². The second-order valence-electron chi connectivity index (χ2n) is 6.30. The van der Waals surface area contributed by atoms with Crippen molar-refractivity contribution in [1.82, 2.24) is 19.8 Å². The molecule has 0 saturated heterocycles. The number of carbonyl (C=O) groups is 2. The van der Waals surface area contributed by atoms with E-state index in [1.54, 1.807) is 24.6 Å². The molecule has 0 saturated carbocycles. The molecule has 7 heteroatoms. The van der Waals surface area contributed by atoms with E-state index in [0.29, 0.717) is 31.1 Å². The SMILES string of the molecule is CC(C)C(=O)N1CCn2cc(C(=O)NCc3ccco3)nc2[C@H]1C. The highest BCUT2D eigenvalue weighted by Crippen LogP contribution is 2.26. The molecule has 0 bridgehead atoms. The average molecular weight is 330 g/mol. The summed E-state index contributed by atoms with van der Waals surface area (Å²) >= 11 is 0. The minimum Gasteiger partial charge on any atom is -0.467 e. The smallest absolute Gasteiger partial charge is 0.271 e. The number of nitrogens with one attached hydrogen (secondary N) is 1. The van der Waals surface area contributed by atoms with Gasteiger partial charge < -0.3 is 19.2 Å². The minimum atomic E-state index is -0.248. The van der Waals surface area contributed by atoms with Crippen LogP contribution in [0.2, 0.25) is 0 Å². The van der Waals surface area contributed by atoms with E-state index in [2.05, 4.69) is 10.3 Å². The molecule has 24 heavy (non-hydrogen) atoms. The molecule has 0 radical (unpaired) electrons. The van der Waals surface area contributed by atoms with E-state index in [9.17, 15) is 9.59 Å². The zero-order valence-electron chi connectivity index (χ0n) is 14.2. The zero-order chi connectivity index (χ0) is 17.3. The Morgan fingerprint density at radius 2 is 2.21 bits per heavy atom. The Morgan fingerprint density at radius 1 is 1.42 bits per heavy atom. The van der Waals surface area contributed by atoms with Crippen molar-refractivity contribution in [2.75, 3.05) is 6.54 Å². The number of fused-ring (bicyclic) bond motifs is 1. The van der Waals surface area contributed by atoms with Crippen LogP contribution in [-0.2, 0) is 17.9 Å². The summed E-state index contributed by atoms with van der Waals surface area (Å²) in [5, 5.41) is 2.79. The number of hydrogen-bond donors (Lipinski definition) is 1. The fourth-order valence-electron chi connectivity index (χ4n) is 2.90. The van der Waals surface area contributed by atoms with Crippen molar-refractivity contribution in [2.45, 2.75) is 39.9 Å². The van der Waals surface area contributed by atoms with Crippen molar-refractivity contribution in [3.05, 3.63) is 41.9 Å². The molecule has 0 aliphatic carbocycles. The lowest BCUT2D eigenvalue weighted by Gasteiger charge is -2.34. The van der Waals surface area contributed by atoms with Gasteiger partial charge in [-0.1, -0.05) is 13.8 Å². The topological polar surface area (TPSA) is 80.4 Å². The van der Waals surface area contributed by atoms with Gasteiger partial charge in [0.05, 0.1) is 18.8 Å². The predicted molar refractivity (Wildman–Crippen MR) is 87.1 cm³/mol. The maximum absolute atomic E-state index is 12.3. The van der Waals surface area contributed by atoms with Gasteiger partial charge in [-0.05, 0) is 19.1 Å². The first-order valence-electron chi connectivity index (χ1n) is 8.15. The van der Waals surface area contributed by atoms with Gasteiger partial charge in [-0.15, -0.1) is 0 Å². The Hall–Kier alpha value is -2.57. The van der Waals surface area contributed by atoms with E-state index in [0.717, 1.165) is 5.82 Å². The first-order chi connectivity index (χ1) is 11.5. The van der Waals surface area contributed by atoms with Gasteiger partial charge in [0.1, 0.15) is 17.3 Å². The number of amides is 2. The lowest BCUT2D eigenvalue weighted by molar-refractivity contribution is -0.137. The van der Waals surface area contributed by atoms with Crippen molar-refractivity contribution >= 4 is 11.8 Å². The number of furan rings is 1. The molecule has 128 valence electrons. The molecule has 0 spiro atoms. The van der Waals surface area contributed by atoms with Crippen LogP contribution in [-0.4, -0.2) is 32.8 Å². The molecule has 2 aromatic heterocycles. The van der Waals surface area contributed by atoms with E-state index in [4.69, 9.17) is 4.42 Å². The van der Waals surface area contributed by atoms with Crippen LogP contribution in [0.3, 0.4) is 0 Å². The summed E-state index contributed by atoms with van der Waals surface area (Å²) < 4.78 is 7.15. The van der Waals surface area contributed by atoms with Crippen LogP contribution >= 0.6 is 0 Å². The Morgan fingerprint density at radius 3 is 2.88 bits per heavy atom. The number of imidazole rings is 1. The molecule has 1 atom stereocenters.